The van der Waals surface area contributed by atoms with Gasteiger partial charge in [0.15, 0.2) is 0 Å². The van der Waals surface area contributed by atoms with Gasteiger partial charge in [-0.05, 0) is 61.7 Å². The van der Waals surface area contributed by atoms with E-state index in [1.165, 1.54) is 23.3 Å². The maximum Gasteiger partial charge on any atom is 0.126 e. The lowest BCUT2D eigenvalue weighted by atomic mass is 9.96. The largest absolute Gasteiger partial charge is 0.316 e. The normalized spacial score (nSPS) is 12.4. The third-order valence-corrected chi connectivity index (χ3v) is 3.61. The zero-order chi connectivity index (χ0) is 14.5. The van der Waals surface area contributed by atoms with E-state index in [2.05, 4.69) is 24.4 Å². The molecule has 0 aromatic heterocycles. The molecule has 106 valence electrons. The van der Waals surface area contributed by atoms with Gasteiger partial charge in [-0.15, -0.1) is 0 Å². The first-order valence-corrected chi connectivity index (χ1v) is 6.76. The Kier molecular flexibility index (Phi) is 4.85. The number of aryl methyl sites for hydroxylation is 1. The van der Waals surface area contributed by atoms with Crippen molar-refractivity contribution in [2.75, 3.05) is 7.05 Å². The fourth-order valence-corrected chi connectivity index (χ4v) is 2.35. The minimum Gasteiger partial charge on any atom is -0.316 e. The molecule has 0 saturated heterocycles. The van der Waals surface area contributed by atoms with Gasteiger partial charge in [0.05, 0.1) is 0 Å². The quantitative estimate of drug-likeness (QED) is 0.878. The van der Waals surface area contributed by atoms with Gasteiger partial charge >= 0.3 is 0 Å². The van der Waals surface area contributed by atoms with E-state index in [0.29, 0.717) is 12.0 Å². The SMILES string of the molecule is CNC(Cc1ccccc1C)Cc1cc(F)ccc1F. The number of hydrogen-bond acceptors (Lipinski definition) is 1. The molecule has 0 radical (unpaired) electrons. The van der Waals surface area contributed by atoms with E-state index in [1.807, 2.05) is 19.2 Å². The summed E-state index contributed by atoms with van der Waals surface area (Å²) in [5.41, 5.74) is 2.86. The van der Waals surface area contributed by atoms with Gasteiger partial charge < -0.3 is 5.32 Å². The second kappa shape index (κ2) is 6.62. The smallest absolute Gasteiger partial charge is 0.126 e. The van der Waals surface area contributed by atoms with Crippen LogP contribution in [0.25, 0.3) is 0 Å². The van der Waals surface area contributed by atoms with Crippen LogP contribution in [0.4, 0.5) is 8.78 Å². The Hall–Kier alpha value is -1.74. The third kappa shape index (κ3) is 3.64. The predicted molar refractivity (Wildman–Crippen MR) is 77.8 cm³/mol. The van der Waals surface area contributed by atoms with Crippen molar-refractivity contribution in [3.05, 3.63) is 70.8 Å². The molecule has 0 bridgehead atoms. The van der Waals surface area contributed by atoms with Crippen molar-refractivity contribution in [1.82, 2.24) is 5.32 Å². The van der Waals surface area contributed by atoms with Crippen LogP contribution < -0.4 is 5.32 Å². The van der Waals surface area contributed by atoms with Gasteiger partial charge in [0.2, 0.25) is 0 Å². The average molecular weight is 275 g/mol. The molecule has 0 amide bonds. The van der Waals surface area contributed by atoms with Gasteiger partial charge in [0.25, 0.3) is 0 Å². The monoisotopic (exact) mass is 275 g/mol. The minimum absolute atomic E-state index is 0.0763. The topological polar surface area (TPSA) is 12.0 Å². The Morgan fingerprint density at radius 3 is 2.40 bits per heavy atom. The molecule has 0 saturated carbocycles. The second-order valence-electron chi connectivity index (χ2n) is 5.06. The van der Waals surface area contributed by atoms with Crippen LogP contribution in [0.15, 0.2) is 42.5 Å². The summed E-state index contributed by atoms with van der Waals surface area (Å²) in [6, 6.07) is 11.8. The molecule has 20 heavy (non-hydrogen) atoms. The van der Waals surface area contributed by atoms with E-state index in [1.54, 1.807) is 0 Å². The molecule has 0 aliphatic rings. The Balaban J connectivity index is 2.13. The summed E-state index contributed by atoms with van der Waals surface area (Å²) in [6.45, 7) is 2.06. The molecule has 1 nitrogen and oxygen atoms in total. The molecule has 0 fully saturated rings. The van der Waals surface area contributed by atoms with Crippen molar-refractivity contribution < 1.29 is 8.78 Å². The van der Waals surface area contributed by atoms with Crippen LogP contribution >= 0.6 is 0 Å². The third-order valence-electron chi connectivity index (χ3n) is 3.61. The lowest BCUT2D eigenvalue weighted by molar-refractivity contribution is 0.525. The van der Waals surface area contributed by atoms with Crippen LogP contribution in [0.1, 0.15) is 16.7 Å². The maximum atomic E-state index is 13.7. The molecule has 2 rings (SSSR count). The highest BCUT2D eigenvalue weighted by atomic mass is 19.1. The Labute approximate surface area is 118 Å². The fourth-order valence-electron chi connectivity index (χ4n) is 2.35. The van der Waals surface area contributed by atoms with Gasteiger partial charge in [-0.1, -0.05) is 24.3 Å². The summed E-state index contributed by atoms with van der Waals surface area (Å²) in [5, 5.41) is 3.18. The van der Waals surface area contributed by atoms with Crippen LogP contribution in [-0.4, -0.2) is 13.1 Å². The first kappa shape index (κ1) is 14.7. The Morgan fingerprint density at radius 2 is 1.70 bits per heavy atom. The van der Waals surface area contributed by atoms with E-state index in [0.717, 1.165) is 12.5 Å². The summed E-state index contributed by atoms with van der Waals surface area (Å²) in [6.07, 6.45) is 1.26. The van der Waals surface area contributed by atoms with Crippen LogP contribution in [0.5, 0.6) is 0 Å². The molecule has 0 heterocycles. The molecule has 1 unspecified atom stereocenters. The van der Waals surface area contributed by atoms with Crippen LogP contribution in [0.3, 0.4) is 0 Å². The first-order valence-electron chi connectivity index (χ1n) is 6.76. The lowest BCUT2D eigenvalue weighted by Gasteiger charge is -2.18. The molecular formula is C17H19F2N. The number of nitrogens with one attached hydrogen (secondary N) is 1. The summed E-state index contributed by atoms with van der Waals surface area (Å²) >= 11 is 0. The number of hydrogen-bond donors (Lipinski definition) is 1. The zero-order valence-corrected chi connectivity index (χ0v) is 11.8. The molecule has 1 atom stereocenters. The molecular weight excluding hydrogens is 256 g/mol. The molecule has 2 aromatic carbocycles. The van der Waals surface area contributed by atoms with E-state index < -0.39 is 5.82 Å². The average Bonchev–Trinajstić information content (AvgIpc) is 2.44. The molecule has 2 aromatic rings. The molecule has 0 aliphatic heterocycles. The number of likely N-dealkylation sites (N-methyl/N-ethyl adjacent to an activating group) is 1. The van der Waals surface area contributed by atoms with Gasteiger partial charge in [-0.25, -0.2) is 8.78 Å². The van der Waals surface area contributed by atoms with Crippen molar-refractivity contribution in [3.8, 4) is 0 Å². The van der Waals surface area contributed by atoms with Gasteiger partial charge in [-0.3, -0.25) is 0 Å². The predicted octanol–water partition coefficient (Wildman–Crippen LogP) is 3.65. The number of halogens is 2. The molecule has 1 N–H and O–H groups in total. The standard InChI is InChI=1S/C17H19F2N/c1-12-5-3-4-6-13(12)10-16(20-2)11-14-9-15(18)7-8-17(14)19/h3-9,16,20H,10-11H2,1-2H3. The number of benzene rings is 2. The van der Waals surface area contributed by atoms with E-state index >= 15 is 0 Å². The summed E-state index contributed by atoms with van der Waals surface area (Å²) in [5.74, 6) is -0.747. The van der Waals surface area contributed by atoms with Crippen molar-refractivity contribution in [2.24, 2.45) is 0 Å². The summed E-state index contributed by atoms with van der Waals surface area (Å²) in [4.78, 5) is 0. The fraction of sp³-hybridized carbons (Fsp3) is 0.294. The van der Waals surface area contributed by atoms with E-state index in [4.69, 9.17) is 0 Å². The molecule has 0 aliphatic carbocycles. The van der Waals surface area contributed by atoms with Gasteiger partial charge in [-0.2, -0.15) is 0 Å². The van der Waals surface area contributed by atoms with Crippen molar-refractivity contribution in [3.63, 3.8) is 0 Å². The highest BCUT2D eigenvalue weighted by molar-refractivity contribution is 5.27. The van der Waals surface area contributed by atoms with Crippen molar-refractivity contribution in [1.29, 1.82) is 0 Å². The van der Waals surface area contributed by atoms with Gasteiger partial charge in [0, 0.05) is 6.04 Å². The Morgan fingerprint density at radius 1 is 1.00 bits per heavy atom. The zero-order valence-electron chi connectivity index (χ0n) is 11.8. The molecule has 3 heteroatoms. The van der Waals surface area contributed by atoms with E-state index in [-0.39, 0.29) is 11.9 Å². The molecule has 0 spiro atoms. The summed E-state index contributed by atoms with van der Waals surface area (Å²) < 4.78 is 26.9. The van der Waals surface area contributed by atoms with Crippen LogP contribution in [0.2, 0.25) is 0 Å². The lowest BCUT2D eigenvalue weighted by Crippen LogP contribution is -2.30. The van der Waals surface area contributed by atoms with Crippen LogP contribution in [0, 0.1) is 18.6 Å². The van der Waals surface area contributed by atoms with Crippen molar-refractivity contribution in [2.45, 2.75) is 25.8 Å². The number of rotatable bonds is 5. The highest BCUT2D eigenvalue weighted by Crippen LogP contribution is 2.16. The maximum absolute atomic E-state index is 13.7. The van der Waals surface area contributed by atoms with Crippen LogP contribution in [-0.2, 0) is 12.8 Å². The first-order chi connectivity index (χ1) is 9.60. The minimum atomic E-state index is -0.396. The van der Waals surface area contributed by atoms with E-state index in [9.17, 15) is 8.78 Å². The van der Waals surface area contributed by atoms with Gasteiger partial charge in [0.1, 0.15) is 11.6 Å². The highest BCUT2D eigenvalue weighted by Gasteiger charge is 2.13. The second-order valence-corrected chi connectivity index (χ2v) is 5.06. The Bertz CT molecular complexity index is 581. The van der Waals surface area contributed by atoms with Crippen molar-refractivity contribution >= 4 is 0 Å². The summed E-state index contributed by atoms with van der Waals surface area (Å²) in [7, 11) is 1.85.